The van der Waals surface area contributed by atoms with Crippen molar-refractivity contribution < 1.29 is 9.47 Å². The van der Waals surface area contributed by atoms with Crippen molar-refractivity contribution in [3.05, 3.63) is 0 Å². The predicted molar refractivity (Wildman–Crippen MR) is 37.9 cm³/mol. The van der Waals surface area contributed by atoms with Gasteiger partial charge in [-0.3, -0.25) is 0 Å². The van der Waals surface area contributed by atoms with Crippen molar-refractivity contribution in [2.75, 3.05) is 19.8 Å². The Morgan fingerprint density at radius 2 is 1.90 bits per heavy atom. The molecule has 2 aliphatic heterocycles. The Kier molecular flexibility index (Phi) is 1.46. The van der Waals surface area contributed by atoms with Crippen molar-refractivity contribution in [2.24, 2.45) is 5.41 Å². The summed E-state index contributed by atoms with van der Waals surface area (Å²) in [4.78, 5) is 0. The fraction of sp³-hybridized carbons (Fsp3) is 1.00. The molecule has 2 aliphatic rings. The molecule has 58 valence electrons. The number of hydrogen-bond donors (Lipinski definition) is 0. The number of epoxide rings is 1. The lowest BCUT2D eigenvalue weighted by molar-refractivity contribution is 0.00984. The van der Waals surface area contributed by atoms with Gasteiger partial charge in [-0.1, -0.05) is 6.92 Å². The molecule has 0 aromatic rings. The van der Waals surface area contributed by atoms with Crippen LogP contribution in [0.2, 0.25) is 0 Å². The molecule has 0 amide bonds. The van der Waals surface area contributed by atoms with E-state index >= 15 is 0 Å². The molecule has 2 rings (SSSR count). The predicted octanol–water partition coefficient (Wildman–Crippen LogP) is 1.20. The molecule has 0 N–H and O–H groups in total. The molecule has 0 aromatic carbocycles. The third kappa shape index (κ3) is 1.06. The molecule has 0 saturated carbocycles. The second-order valence-electron chi connectivity index (χ2n) is 3.59. The van der Waals surface area contributed by atoms with Gasteiger partial charge in [-0.15, -0.1) is 0 Å². The lowest BCUT2D eigenvalue weighted by atomic mass is 9.79. The average molecular weight is 142 g/mol. The highest BCUT2D eigenvalue weighted by Gasteiger charge is 2.43. The maximum absolute atomic E-state index is 5.30. The zero-order chi connectivity index (χ0) is 7.03. The molecule has 0 spiro atoms. The van der Waals surface area contributed by atoms with Crippen LogP contribution >= 0.6 is 0 Å². The van der Waals surface area contributed by atoms with Gasteiger partial charge in [0.2, 0.25) is 0 Å². The lowest BCUT2D eigenvalue weighted by Gasteiger charge is -2.31. The molecular formula is C8H14O2. The van der Waals surface area contributed by atoms with Gasteiger partial charge in [-0.25, -0.2) is 0 Å². The summed E-state index contributed by atoms with van der Waals surface area (Å²) in [7, 11) is 0. The van der Waals surface area contributed by atoms with E-state index < -0.39 is 0 Å². The monoisotopic (exact) mass is 142 g/mol. The van der Waals surface area contributed by atoms with E-state index in [2.05, 4.69) is 6.92 Å². The first-order valence-corrected chi connectivity index (χ1v) is 4.01. The van der Waals surface area contributed by atoms with Crippen LogP contribution in [-0.4, -0.2) is 25.9 Å². The van der Waals surface area contributed by atoms with Gasteiger partial charge in [0.1, 0.15) is 0 Å². The molecule has 2 nitrogen and oxygen atoms in total. The molecule has 2 heterocycles. The molecule has 2 fully saturated rings. The molecule has 0 bridgehead atoms. The standard InChI is InChI=1S/C8H14O2/c1-8(7-6-10-7)2-4-9-5-3-8/h7H,2-6H2,1H3/t7-/m1/s1. The van der Waals surface area contributed by atoms with Crippen molar-refractivity contribution >= 4 is 0 Å². The Morgan fingerprint density at radius 1 is 1.30 bits per heavy atom. The highest BCUT2D eigenvalue weighted by Crippen LogP contribution is 2.40. The summed E-state index contributed by atoms with van der Waals surface area (Å²) in [6.45, 7) is 5.15. The first-order valence-electron chi connectivity index (χ1n) is 4.01. The first-order chi connectivity index (χ1) is 4.81. The number of hydrogen-bond acceptors (Lipinski definition) is 2. The van der Waals surface area contributed by atoms with E-state index in [1.807, 2.05) is 0 Å². The summed E-state index contributed by atoms with van der Waals surface area (Å²) in [5, 5.41) is 0. The normalized spacial score (nSPS) is 37.5. The zero-order valence-electron chi connectivity index (χ0n) is 6.43. The van der Waals surface area contributed by atoms with Gasteiger partial charge in [0.25, 0.3) is 0 Å². The van der Waals surface area contributed by atoms with Crippen LogP contribution in [0.4, 0.5) is 0 Å². The summed E-state index contributed by atoms with van der Waals surface area (Å²) >= 11 is 0. The molecule has 0 aliphatic carbocycles. The Bertz CT molecular complexity index is 123. The van der Waals surface area contributed by atoms with Crippen molar-refractivity contribution in [2.45, 2.75) is 25.9 Å². The second-order valence-corrected chi connectivity index (χ2v) is 3.59. The Balaban J connectivity index is 1.97. The van der Waals surface area contributed by atoms with E-state index in [0.29, 0.717) is 11.5 Å². The highest BCUT2D eigenvalue weighted by atomic mass is 16.6. The van der Waals surface area contributed by atoms with Gasteiger partial charge in [0.15, 0.2) is 0 Å². The maximum Gasteiger partial charge on any atom is 0.0865 e. The van der Waals surface area contributed by atoms with Crippen LogP contribution < -0.4 is 0 Å². The minimum atomic E-state index is 0.443. The van der Waals surface area contributed by atoms with Crippen LogP contribution in [0.1, 0.15) is 19.8 Å². The largest absolute Gasteiger partial charge is 0.381 e. The van der Waals surface area contributed by atoms with E-state index in [0.717, 1.165) is 19.8 Å². The van der Waals surface area contributed by atoms with Gasteiger partial charge in [0.05, 0.1) is 12.7 Å². The third-order valence-electron chi connectivity index (χ3n) is 2.75. The average Bonchev–Trinajstić information content (AvgIpc) is 2.69. The Hall–Kier alpha value is -0.0800. The third-order valence-corrected chi connectivity index (χ3v) is 2.75. The van der Waals surface area contributed by atoms with E-state index in [4.69, 9.17) is 9.47 Å². The minimum Gasteiger partial charge on any atom is -0.381 e. The van der Waals surface area contributed by atoms with Crippen LogP contribution in [0.5, 0.6) is 0 Å². The molecule has 1 atom stereocenters. The summed E-state index contributed by atoms with van der Waals surface area (Å²) in [6.07, 6.45) is 2.91. The molecular weight excluding hydrogens is 128 g/mol. The summed E-state index contributed by atoms with van der Waals surface area (Å²) in [5.41, 5.74) is 0.443. The Labute approximate surface area is 61.5 Å². The van der Waals surface area contributed by atoms with Crippen LogP contribution in [-0.2, 0) is 9.47 Å². The first kappa shape index (κ1) is 6.62. The lowest BCUT2D eigenvalue weighted by Crippen LogP contribution is -2.31. The van der Waals surface area contributed by atoms with E-state index in [9.17, 15) is 0 Å². The topological polar surface area (TPSA) is 21.8 Å². The van der Waals surface area contributed by atoms with Crippen LogP contribution in [0.3, 0.4) is 0 Å². The van der Waals surface area contributed by atoms with Crippen molar-refractivity contribution in [3.63, 3.8) is 0 Å². The molecule has 0 radical (unpaired) electrons. The fourth-order valence-corrected chi connectivity index (χ4v) is 1.61. The van der Waals surface area contributed by atoms with Crippen molar-refractivity contribution in [1.29, 1.82) is 0 Å². The van der Waals surface area contributed by atoms with Crippen LogP contribution in [0.25, 0.3) is 0 Å². The smallest absolute Gasteiger partial charge is 0.0865 e. The SMILES string of the molecule is CC1([C@H]2CO2)CCOCC1. The minimum absolute atomic E-state index is 0.443. The zero-order valence-corrected chi connectivity index (χ0v) is 6.43. The molecule has 10 heavy (non-hydrogen) atoms. The maximum atomic E-state index is 5.30. The van der Waals surface area contributed by atoms with E-state index in [1.165, 1.54) is 12.8 Å². The summed E-state index contributed by atoms with van der Waals surface area (Å²) < 4.78 is 10.6. The second kappa shape index (κ2) is 2.21. The Morgan fingerprint density at radius 3 is 2.40 bits per heavy atom. The fourth-order valence-electron chi connectivity index (χ4n) is 1.61. The van der Waals surface area contributed by atoms with Gasteiger partial charge >= 0.3 is 0 Å². The van der Waals surface area contributed by atoms with Gasteiger partial charge in [-0.2, -0.15) is 0 Å². The molecule has 0 unspecified atom stereocenters. The van der Waals surface area contributed by atoms with Crippen molar-refractivity contribution in [3.8, 4) is 0 Å². The van der Waals surface area contributed by atoms with Gasteiger partial charge < -0.3 is 9.47 Å². The summed E-state index contributed by atoms with van der Waals surface area (Å²) in [6, 6.07) is 0. The molecule has 2 saturated heterocycles. The number of rotatable bonds is 1. The van der Waals surface area contributed by atoms with Gasteiger partial charge in [0, 0.05) is 18.6 Å². The molecule has 2 heteroatoms. The van der Waals surface area contributed by atoms with Crippen LogP contribution in [0, 0.1) is 5.41 Å². The highest BCUT2D eigenvalue weighted by molar-refractivity contribution is 4.91. The van der Waals surface area contributed by atoms with E-state index in [-0.39, 0.29) is 0 Å². The van der Waals surface area contributed by atoms with Crippen LogP contribution in [0.15, 0.2) is 0 Å². The van der Waals surface area contributed by atoms with Crippen molar-refractivity contribution in [1.82, 2.24) is 0 Å². The molecule has 0 aromatic heterocycles. The summed E-state index contributed by atoms with van der Waals surface area (Å²) in [5.74, 6) is 0. The van der Waals surface area contributed by atoms with Gasteiger partial charge in [-0.05, 0) is 12.8 Å². The van der Waals surface area contributed by atoms with E-state index in [1.54, 1.807) is 0 Å². The quantitative estimate of drug-likeness (QED) is 0.513. The number of ether oxygens (including phenoxy) is 2.